The van der Waals surface area contributed by atoms with Crippen LogP contribution in [0.4, 0.5) is 11.4 Å². The molecule has 0 bridgehead atoms. The predicted molar refractivity (Wildman–Crippen MR) is 81.6 cm³/mol. The highest BCUT2D eigenvalue weighted by atomic mass is 32.2. The molecule has 8 heteroatoms. The molecule has 1 aromatic carbocycles. The molecule has 2 rings (SSSR count). The van der Waals surface area contributed by atoms with Gasteiger partial charge in [0.2, 0.25) is 10.0 Å². The third-order valence-corrected chi connectivity index (χ3v) is 6.14. The quantitative estimate of drug-likeness (QED) is 0.702. The van der Waals surface area contributed by atoms with Crippen LogP contribution in [0.1, 0.15) is 12.8 Å². The molecule has 1 aromatic rings. The molecule has 6 nitrogen and oxygen atoms in total. The zero-order valence-electron chi connectivity index (χ0n) is 11.3. The lowest BCUT2D eigenvalue weighted by Crippen LogP contribution is -2.29. The lowest BCUT2D eigenvalue weighted by Gasteiger charge is -2.24. The number of nitrogens with one attached hydrogen (secondary N) is 2. The largest absolute Gasteiger partial charge is 0.397 e. The van der Waals surface area contributed by atoms with Gasteiger partial charge in [0, 0.05) is 28.3 Å². The summed E-state index contributed by atoms with van der Waals surface area (Å²) < 4.78 is 36.9. The second kappa shape index (κ2) is 6.11. The van der Waals surface area contributed by atoms with Gasteiger partial charge in [0.15, 0.2) is 0 Å². The summed E-state index contributed by atoms with van der Waals surface area (Å²) in [5.41, 5.74) is 7.02. The van der Waals surface area contributed by atoms with E-state index in [0.29, 0.717) is 17.2 Å². The summed E-state index contributed by atoms with van der Waals surface area (Å²) in [6.07, 6.45) is 1.67. The second-order valence-corrected chi connectivity index (χ2v) is 8.31. The zero-order chi connectivity index (χ0) is 14.8. The van der Waals surface area contributed by atoms with Gasteiger partial charge in [-0.15, -0.1) is 0 Å². The maximum atomic E-state index is 11.7. The number of nitrogens with two attached hydrogens (primary N) is 1. The molecule has 4 N–H and O–H groups in total. The van der Waals surface area contributed by atoms with Gasteiger partial charge in [0.25, 0.3) is 0 Å². The van der Waals surface area contributed by atoms with E-state index in [4.69, 9.17) is 5.73 Å². The minimum Gasteiger partial charge on any atom is -0.397 e. The molecule has 1 aliphatic rings. The molecule has 1 heterocycles. The van der Waals surface area contributed by atoms with Crippen molar-refractivity contribution in [2.75, 3.05) is 29.6 Å². The maximum absolute atomic E-state index is 11.7. The Morgan fingerprint density at radius 1 is 1.30 bits per heavy atom. The van der Waals surface area contributed by atoms with Gasteiger partial charge in [-0.2, -0.15) is 0 Å². The van der Waals surface area contributed by atoms with Crippen LogP contribution in [-0.2, 0) is 20.8 Å². The molecular formula is C12H19N3O3S2. The first-order chi connectivity index (χ1) is 9.42. The topological polar surface area (TPSA) is 101 Å². The highest BCUT2D eigenvalue weighted by molar-refractivity contribution is 7.89. The molecule has 20 heavy (non-hydrogen) atoms. The van der Waals surface area contributed by atoms with E-state index >= 15 is 0 Å². The Morgan fingerprint density at radius 2 is 1.95 bits per heavy atom. The maximum Gasteiger partial charge on any atom is 0.240 e. The minimum atomic E-state index is -3.48. The lowest BCUT2D eigenvalue weighted by atomic mass is 10.1. The van der Waals surface area contributed by atoms with Crippen molar-refractivity contribution in [3.8, 4) is 0 Å². The number of benzene rings is 1. The molecule has 0 atom stereocenters. The van der Waals surface area contributed by atoms with Crippen LogP contribution in [0.15, 0.2) is 23.1 Å². The Hall–Kier alpha value is -1.12. The van der Waals surface area contributed by atoms with E-state index in [1.165, 1.54) is 19.2 Å². The highest BCUT2D eigenvalue weighted by Crippen LogP contribution is 2.25. The Balaban J connectivity index is 2.12. The van der Waals surface area contributed by atoms with E-state index in [-0.39, 0.29) is 10.9 Å². The standard InChI is InChI=1S/C12H19N3O3S2/c1-14-20(17,18)10-2-3-12(11(13)8-10)15-9-4-6-19(16)7-5-9/h2-3,8-9,14-15H,4-7,13H2,1H3. The van der Waals surface area contributed by atoms with Gasteiger partial charge in [0.1, 0.15) is 0 Å². The summed E-state index contributed by atoms with van der Waals surface area (Å²) >= 11 is 0. The monoisotopic (exact) mass is 317 g/mol. The van der Waals surface area contributed by atoms with Gasteiger partial charge in [0.05, 0.1) is 16.3 Å². The summed E-state index contributed by atoms with van der Waals surface area (Å²) in [7, 11) is -2.81. The molecule has 0 aliphatic carbocycles. The van der Waals surface area contributed by atoms with E-state index < -0.39 is 20.8 Å². The summed E-state index contributed by atoms with van der Waals surface area (Å²) in [5, 5.41) is 3.29. The van der Waals surface area contributed by atoms with Crippen LogP contribution in [0.25, 0.3) is 0 Å². The minimum absolute atomic E-state index is 0.146. The van der Waals surface area contributed by atoms with Crippen molar-refractivity contribution in [2.24, 2.45) is 0 Å². The molecule has 1 aliphatic heterocycles. The number of sulfonamides is 1. The fourth-order valence-corrected chi connectivity index (χ4v) is 4.18. The molecule has 0 amide bonds. The van der Waals surface area contributed by atoms with Gasteiger partial charge in [-0.05, 0) is 38.1 Å². The van der Waals surface area contributed by atoms with Crippen LogP contribution in [0.5, 0.6) is 0 Å². The SMILES string of the molecule is CNS(=O)(=O)c1ccc(NC2CCS(=O)CC2)c(N)c1. The van der Waals surface area contributed by atoms with E-state index in [0.717, 1.165) is 18.5 Å². The highest BCUT2D eigenvalue weighted by Gasteiger charge is 2.19. The fraction of sp³-hybridized carbons (Fsp3) is 0.500. The van der Waals surface area contributed by atoms with E-state index in [9.17, 15) is 12.6 Å². The van der Waals surface area contributed by atoms with Gasteiger partial charge in [-0.1, -0.05) is 0 Å². The van der Waals surface area contributed by atoms with E-state index in [2.05, 4.69) is 10.0 Å². The molecule has 1 saturated heterocycles. The number of hydrogen-bond acceptors (Lipinski definition) is 5. The molecule has 0 saturated carbocycles. The molecule has 0 unspecified atom stereocenters. The van der Waals surface area contributed by atoms with Crippen LogP contribution in [0, 0.1) is 0 Å². The average molecular weight is 317 g/mol. The van der Waals surface area contributed by atoms with Crippen molar-refractivity contribution in [3.63, 3.8) is 0 Å². The van der Waals surface area contributed by atoms with Crippen molar-refractivity contribution in [3.05, 3.63) is 18.2 Å². The van der Waals surface area contributed by atoms with Crippen molar-refractivity contribution in [1.29, 1.82) is 0 Å². The summed E-state index contributed by atoms with van der Waals surface area (Å²) in [4.78, 5) is 0.146. The van der Waals surface area contributed by atoms with Gasteiger partial charge in [-0.25, -0.2) is 13.1 Å². The fourth-order valence-electron chi connectivity index (χ4n) is 2.12. The van der Waals surface area contributed by atoms with Crippen LogP contribution in [0.2, 0.25) is 0 Å². The third-order valence-electron chi connectivity index (χ3n) is 3.35. The Labute approximate surface area is 121 Å². The number of anilines is 2. The summed E-state index contributed by atoms with van der Waals surface area (Å²) in [6, 6.07) is 4.87. The predicted octanol–water partition coefficient (Wildman–Crippen LogP) is 0.500. The van der Waals surface area contributed by atoms with Gasteiger partial charge in [-0.3, -0.25) is 4.21 Å². The molecule has 0 aromatic heterocycles. The van der Waals surface area contributed by atoms with Crippen molar-refractivity contribution < 1.29 is 12.6 Å². The lowest BCUT2D eigenvalue weighted by molar-refractivity contribution is 0.588. The summed E-state index contributed by atoms with van der Waals surface area (Å²) in [5.74, 6) is 1.40. The van der Waals surface area contributed by atoms with Crippen LogP contribution >= 0.6 is 0 Å². The van der Waals surface area contributed by atoms with Crippen LogP contribution in [0.3, 0.4) is 0 Å². The number of nitrogen functional groups attached to an aromatic ring is 1. The first-order valence-electron chi connectivity index (χ1n) is 6.37. The van der Waals surface area contributed by atoms with Gasteiger partial charge >= 0.3 is 0 Å². The van der Waals surface area contributed by atoms with Crippen LogP contribution in [-0.4, -0.2) is 37.2 Å². The summed E-state index contributed by atoms with van der Waals surface area (Å²) in [6.45, 7) is 0. The number of rotatable bonds is 4. The average Bonchev–Trinajstić information content (AvgIpc) is 2.43. The molecule has 112 valence electrons. The van der Waals surface area contributed by atoms with Gasteiger partial charge < -0.3 is 11.1 Å². The normalized spacial score (nSPS) is 23.4. The second-order valence-electron chi connectivity index (χ2n) is 4.72. The first kappa shape index (κ1) is 15.3. The molecule has 0 radical (unpaired) electrons. The molecule has 0 spiro atoms. The molecule has 1 fully saturated rings. The molecular weight excluding hydrogens is 298 g/mol. The zero-order valence-corrected chi connectivity index (χ0v) is 12.9. The van der Waals surface area contributed by atoms with Crippen LogP contribution < -0.4 is 15.8 Å². The van der Waals surface area contributed by atoms with Crippen molar-refractivity contribution in [1.82, 2.24) is 4.72 Å². The first-order valence-corrected chi connectivity index (χ1v) is 9.34. The third kappa shape index (κ3) is 3.50. The van der Waals surface area contributed by atoms with Crippen molar-refractivity contribution >= 4 is 32.2 Å². The van der Waals surface area contributed by atoms with E-state index in [1.807, 2.05) is 0 Å². The Kier molecular flexibility index (Phi) is 4.66. The Bertz CT molecular complexity index is 606. The number of hydrogen-bond donors (Lipinski definition) is 3. The Morgan fingerprint density at radius 3 is 2.50 bits per heavy atom. The smallest absolute Gasteiger partial charge is 0.240 e. The van der Waals surface area contributed by atoms with E-state index in [1.54, 1.807) is 6.07 Å². The van der Waals surface area contributed by atoms with Crippen molar-refractivity contribution in [2.45, 2.75) is 23.8 Å².